The first-order valence-electron chi connectivity index (χ1n) is 18.3. The van der Waals surface area contributed by atoms with Gasteiger partial charge in [0.25, 0.3) is 25.9 Å². The Morgan fingerprint density at radius 3 is 1.97 bits per heavy atom. The summed E-state index contributed by atoms with van der Waals surface area (Å²) in [4.78, 5) is 15.4. The Morgan fingerprint density at radius 1 is 0.776 bits per heavy atom. The first kappa shape index (κ1) is 46.7. The summed E-state index contributed by atoms with van der Waals surface area (Å²) in [5, 5.41) is 8.98. The normalized spacial score (nSPS) is 19.8. The maximum atomic E-state index is 15.7. The van der Waals surface area contributed by atoms with Crippen molar-refractivity contribution in [1.29, 1.82) is 0 Å². The van der Waals surface area contributed by atoms with E-state index < -0.39 is 101 Å². The molecule has 0 spiro atoms. The average Bonchev–Trinajstić information content (AvgIpc) is 3.51. The Morgan fingerprint density at radius 2 is 1.36 bits per heavy atom. The number of unbranched alkanes of at least 4 members (excludes halogenated alkanes) is 4. The van der Waals surface area contributed by atoms with Gasteiger partial charge >= 0.3 is 12.1 Å². The molecule has 0 bridgehead atoms. The number of aliphatic imine (C=N–C) groups is 1. The minimum Gasteiger partial charge on any atom is -0.481 e. The van der Waals surface area contributed by atoms with Crippen LogP contribution in [0.25, 0.3) is 0 Å². The van der Waals surface area contributed by atoms with Crippen molar-refractivity contribution in [3.05, 3.63) is 82.2 Å². The summed E-state index contributed by atoms with van der Waals surface area (Å²) in [5.74, 6) is -11.3. The molecule has 2 unspecified atom stereocenters. The number of allylic oxidation sites excluding steroid dienone is 4. The van der Waals surface area contributed by atoms with Crippen molar-refractivity contribution in [1.82, 2.24) is 0 Å². The lowest BCUT2D eigenvalue weighted by Gasteiger charge is -2.30. The van der Waals surface area contributed by atoms with Crippen molar-refractivity contribution >= 4 is 49.0 Å². The zero-order chi connectivity index (χ0) is 43.4. The van der Waals surface area contributed by atoms with E-state index >= 15 is 8.78 Å². The van der Waals surface area contributed by atoms with Gasteiger partial charge in [-0.25, -0.2) is 17.6 Å². The summed E-state index contributed by atoms with van der Waals surface area (Å²) >= 11 is 0. The molecule has 0 saturated carbocycles. The molecule has 0 aliphatic carbocycles. The number of halogens is 8. The Bertz CT molecular complexity index is 2270. The topological polar surface area (TPSA) is 161 Å². The minimum atomic E-state index is -4.93. The maximum absolute atomic E-state index is 15.7. The van der Waals surface area contributed by atoms with E-state index in [4.69, 9.17) is 5.11 Å². The third-order valence-electron chi connectivity index (χ3n) is 10.5. The summed E-state index contributed by atoms with van der Waals surface area (Å²) in [6, 6.07) is 1.29. The van der Waals surface area contributed by atoms with Crippen LogP contribution in [0, 0.1) is 29.1 Å². The molecular weight excluding hydrogens is 829 g/mol. The van der Waals surface area contributed by atoms with Crippen LogP contribution in [-0.4, -0.2) is 71.1 Å². The van der Waals surface area contributed by atoms with Crippen molar-refractivity contribution in [2.45, 2.75) is 101 Å². The smallest absolute Gasteiger partial charge is 0.416 e. The van der Waals surface area contributed by atoms with Gasteiger partial charge in [0.2, 0.25) is 11.6 Å². The quantitative estimate of drug-likeness (QED) is 0.0226. The first-order chi connectivity index (χ1) is 26.8. The summed E-state index contributed by atoms with van der Waals surface area (Å²) in [6.45, 7) is 2.63. The lowest BCUT2D eigenvalue weighted by atomic mass is 9.72. The van der Waals surface area contributed by atoms with E-state index in [0.717, 1.165) is 10.6 Å². The van der Waals surface area contributed by atoms with Gasteiger partial charge in [0.15, 0.2) is 17.3 Å². The average molecular weight is 872 g/mol. The van der Waals surface area contributed by atoms with Gasteiger partial charge in [0.05, 0.1) is 33.7 Å². The van der Waals surface area contributed by atoms with Gasteiger partial charge in [-0.05, 0) is 51.2 Å². The Hall–Kier alpha value is -4.01. The number of hydrogen-bond donors (Lipinski definition) is 3. The maximum Gasteiger partial charge on any atom is 0.416 e. The molecule has 0 fully saturated rings. The third kappa shape index (κ3) is 10.8. The van der Waals surface area contributed by atoms with Crippen LogP contribution in [0.4, 0.5) is 46.5 Å². The highest BCUT2D eigenvalue weighted by molar-refractivity contribution is 7.86. The second-order valence-corrected chi connectivity index (χ2v) is 17.9. The second kappa shape index (κ2) is 18.1. The van der Waals surface area contributed by atoms with E-state index in [1.165, 1.54) is 38.2 Å². The summed E-state index contributed by atoms with van der Waals surface area (Å²) in [7, 11) is -8.83. The van der Waals surface area contributed by atoms with Crippen LogP contribution < -0.4 is 0 Å². The van der Waals surface area contributed by atoms with E-state index in [2.05, 4.69) is 4.99 Å². The standard InChI is InChI=1S/C38H42F8N2O8S2/c1-36(16-8-4-7-15-28(49)50)26(47-25-22-23(39)21-24(29(25)36)38(44,45)46)13-5-3-6-14-27-37(2,17-9-11-19-57(51,52)53)30-31(40)32(41)33(42)34(43)35(30)48(27)18-10-12-20-58(54,55)56/h3,5-6,14,21-22H,4,7-13,15-20H2,1-2H3,(H2-,49,50,51,52,53,54,55,56)/p+1. The molecule has 0 aromatic heterocycles. The third-order valence-corrected chi connectivity index (χ3v) is 12.1. The van der Waals surface area contributed by atoms with Crippen molar-refractivity contribution in [2.24, 2.45) is 4.99 Å². The van der Waals surface area contributed by atoms with E-state index in [0.29, 0.717) is 18.9 Å². The molecule has 2 aromatic carbocycles. The number of carboxylic acid groups (broad SMARTS) is 1. The van der Waals surface area contributed by atoms with Gasteiger partial charge in [-0.15, -0.1) is 0 Å². The second-order valence-electron chi connectivity index (χ2n) is 14.8. The molecule has 0 saturated heterocycles. The summed E-state index contributed by atoms with van der Waals surface area (Å²) in [6.07, 6.45) is 0.921. The number of carbonyl (C=O) groups is 1. The number of rotatable bonds is 20. The minimum absolute atomic E-state index is 0.0463. The van der Waals surface area contributed by atoms with Gasteiger partial charge in [-0.2, -0.15) is 39.0 Å². The largest absolute Gasteiger partial charge is 0.481 e. The van der Waals surface area contributed by atoms with Crippen molar-refractivity contribution < 1.29 is 75.5 Å². The number of aliphatic carboxylic acids is 1. The highest BCUT2D eigenvalue weighted by atomic mass is 32.2. The molecular formula is C38H43F8N2O8S2+. The Balaban J connectivity index is 1.74. The summed E-state index contributed by atoms with van der Waals surface area (Å²) in [5.41, 5.74) is -5.65. The molecule has 2 heterocycles. The van der Waals surface area contributed by atoms with Gasteiger partial charge in [0, 0.05) is 42.0 Å². The predicted octanol–water partition coefficient (Wildman–Crippen LogP) is 9.06. The molecule has 0 amide bonds. The Labute approximate surface area is 330 Å². The highest BCUT2D eigenvalue weighted by Gasteiger charge is 2.53. The van der Waals surface area contributed by atoms with Crippen LogP contribution >= 0.6 is 0 Å². The highest BCUT2D eigenvalue weighted by Crippen LogP contribution is 2.51. The first-order valence-corrected chi connectivity index (χ1v) is 21.5. The monoisotopic (exact) mass is 871 g/mol. The van der Waals surface area contributed by atoms with E-state index in [-0.39, 0.29) is 87.0 Å². The van der Waals surface area contributed by atoms with Crippen LogP contribution in [0.1, 0.15) is 101 Å². The molecule has 2 aliphatic heterocycles. The lowest BCUT2D eigenvalue weighted by Crippen LogP contribution is -2.32. The number of benzene rings is 2. The molecule has 58 heavy (non-hydrogen) atoms. The molecule has 10 nitrogen and oxygen atoms in total. The molecule has 2 aliphatic rings. The van der Waals surface area contributed by atoms with Crippen LogP contribution in [0.5, 0.6) is 0 Å². The number of hydrogen-bond acceptors (Lipinski definition) is 6. The van der Waals surface area contributed by atoms with Crippen LogP contribution in [0.2, 0.25) is 0 Å². The zero-order valence-electron chi connectivity index (χ0n) is 31.5. The molecule has 2 atom stereocenters. The van der Waals surface area contributed by atoms with Crippen molar-refractivity contribution in [3.8, 4) is 0 Å². The SMILES string of the molecule is CC1(CCCCCC(=O)O)C(CC=CC=CC2=[N+](CCCCS(=O)(=O)O)c3c(F)c(F)c(F)c(F)c3C2(C)CCCCS(=O)(=O)O)=Nc2cc(F)cc(C(F)(F)F)c21. The summed E-state index contributed by atoms with van der Waals surface area (Å²) < 4.78 is 183. The number of nitrogens with zero attached hydrogens (tertiary/aromatic N) is 2. The van der Waals surface area contributed by atoms with Crippen LogP contribution in [0.3, 0.4) is 0 Å². The van der Waals surface area contributed by atoms with Crippen molar-refractivity contribution in [3.63, 3.8) is 0 Å². The fourth-order valence-electron chi connectivity index (χ4n) is 7.77. The fourth-order valence-corrected chi connectivity index (χ4v) is 8.91. The van der Waals surface area contributed by atoms with E-state index in [1.807, 2.05) is 0 Å². The van der Waals surface area contributed by atoms with E-state index in [1.54, 1.807) is 0 Å². The molecule has 3 N–H and O–H groups in total. The Kier molecular flexibility index (Phi) is 14.6. The predicted molar refractivity (Wildman–Crippen MR) is 199 cm³/mol. The van der Waals surface area contributed by atoms with Gasteiger partial charge < -0.3 is 5.11 Å². The molecule has 2 aromatic rings. The van der Waals surface area contributed by atoms with Gasteiger partial charge in [-0.1, -0.05) is 44.4 Å². The number of carboxylic acids is 1. The number of fused-ring (bicyclic) bond motifs is 2. The van der Waals surface area contributed by atoms with E-state index in [9.17, 15) is 57.1 Å². The molecule has 0 radical (unpaired) electrons. The lowest BCUT2D eigenvalue weighted by molar-refractivity contribution is -0.440. The molecule has 4 rings (SSSR count). The number of alkyl halides is 3. The fraction of sp³-hybridized carbons (Fsp3) is 0.500. The molecule has 320 valence electrons. The van der Waals surface area contributed by atoms with Crippen LogP contribution in [0.15, 0.2) is 41.4 Å². The van der Waals surface area contributed by atoms with Gasteiger partial charge in [-0.3, -0.25) is 18.9 Å². The zero-order valence-corrected chi connectivity index (χ0v) is 33.1. The van der Waals surface area contributed by atoms with Crippen LogP contribution in [-0.2, 0) is 42.0 Å². The molecule has 20 heteroatoms. The van der Waals surface area contributed by atoms with Gasteiger partial charge in [0.1, 0.15) is 12.4 Å². The van der Waals surface area contributed by atoms with Crippen molar-refractivity contribution in [2.75, 3.05) is 18.1 Å².